The highest BCUT2D eigenvalue weighted by molar-refractivity contribution is 5.92. The van der Waals surface area contributed by atoms with Gasteiger partial charge in [0.1, 0.15) is 17.7 Å². The lowest BCUT2D eigenvalue weighted by Crippen LogP contribution is -2.52. The lowest BCUT2D eigenvalue weighted by Gasteiger charge is -2.32. The molecule has 2 unspecified atom stereocenters. The molecule has 4 N–H and O–H groups in total. The molecule has 0 aliphatic carbocycles. The molecule has 0 saturated heterocycles. The van der Waals surface area contributed by atoms with Gasteiger partial charge in [0.2, 0.25) is 17.7 Å². The Kier molecular flexibility index (Phi) is 10.8. The van der Waals surface area contributed by atoms with E-state index in [1.54, 1.807) is 32.9 Å². The van der Waals surface area contributed by atoms with Gasteiger partial charge in [0.25, 0.3) is 0 Å². The predicted octanol–water partition coefficient (Wildman–Crippen LogP) is 2.57. The predicted molar refractivity (Wildman–Crippen MR) is 126 cm³/mol. The number of primary amides is 1. The maximum absolute atomic E-state index is 13.4. The van der Waals surface area contributed by atoms with Crippen LogP contribution in [0.4, 0.5) is 4.79 Å². The molecular formula is C24H38N4O5. The maximum atomic E-state index is 13.4. The number of rotatable bonds is 11. The Morgan fingerprint density at radius 2 is 1.79 bits per heavy atom. The van der Waals surface area contributed by atoms with Crippen LogP contribution in [0.2, 0.25) is 0 Å². The van der Waals surface area contributed by atoms with E-state index in [1.165, 1.54) is 11.9 Å². The molecule has 1 aromatic carbocycles. The number of amides is 4. The van der Waals surface area contributed by atoms with Crippen LogP contribution >= 0.6 is 0 Å². The number of nitrogens with zero attached hydrogens (tertiary/aromatic N) is 1. The molecule has 9 heteroatoms. The summed E-state index contributed by atoms with van der Waals surface area (Å²) in [5.41, 5.74) is 6.02. The van der Waals surface area contributed by atoms with Crippen molar-refractivity contribution in [2.75, 3.05) is 13.6 Å². The Bertz CT molecular complexity index is 834. The second kappa shape index (κ2) is 12.8. The smallest absolute Gasteiger partial charge is 0.408 e. The Morgan fingerprint density at radius 3 is 2.33 bits per heavy atom. The molecule has 9 nitrogen and oxygen atoms in total. The summed E-state index contributed by atoms with van der Waals surface area (Å²) in [4.78, 5) is 51.6. The zero-order chi connectivity index (χ0) is 25.2. The third kappa shape index (κ3) is 9.51. The van der Waals surface area contributed by atoms with E-state index in [4.69, 9.17) is 10.5 Å². The maximum Gasteiger partial charge on any atom is 0.408 e. The highest BCUT2D eigenvalue weighted by Crippen LogP contribution is 2.24. The van der Waals surface area contributed by atoms with Gasteiger partial charge in [-0.1, -0.05) is 37.6 Å². The summed E-state index contributed by atoms with van der Waals surface area (Å²) in [6.07, 6.45) is 0.802. The van der Waals surface area contributed by atoms with Crippen molar-refractivity contribution < 1.29 is 23.9 Å². The number of alkyl carbamates (subject to hydrolysis) is 1. The van der Waals surface area contributed by atoms with Gasteiger partial charge in [-0.3, -0.25) is 14.4 Å². The summed E-state index contributed by atoms with van der Waals surface area (Å²) in [5, 5.41) is 5.42. The van der Waals surface area contributed by atoms with Crippen LogP contribution < -0.4 is 16.4 Å². The van der Waals surface area contributed by atoms with Crippen LogP contribution in [-0.4, -0.2) is 54.0 Å². The molecule has 1 aromatic rings. The first kappa shape index (κ1) is 27.9. The third-order valence-electron chi connectivity index (χ3n) is 4.96. The summed E-state index contributed by atoms with van der Waals surface area (Å²) in [6, 6.07) is 5.31. The molecule has 33 heavy (non-hydrogen) atoms. The van der Waals surface area contributed by atoms with Crippen molar-refractivity contribution in [3.63, 3.8) is 0 Å². The van der Waals surface area contributed by atoms with E-state index in [1.807, 2.05) is 26.0 Å². The topological polar surface area (TPSA) is 131 Å². The molecule has 0 spiro atoms. The molecule has 2 atom stereocenters. The van der Waals surface area contributed by atoms with Gasteiger partial charge in [-0.2, -0.15) is 0 Å². The zero-order valence-electron chi connectivity index (χ0n) is 20.6. The monoisotopic (exact) mass is 462 g/mol. The Balaban J connectivity index is 3.22. The summed E-state index contributed by atoms with van der Waals surface area (Å²) < 4.78 is 5.27. The second-order valence-electron chi connectivity index (χ2n) is 9.06. The van der Waals surface area contributed by atoms with Gasteiger partial charge in [0.05, 0.1) is 0 Å². The lowest BCUT2D eigenvalue weighted by atomic mass is 9.98. The van der Waals surface area contributed by atoms with Crippen LogP contribution in [-0.2, 0) is 19.1 Å². The van der Waals surface area contributed by atoms with E-state index in [-0.39, 0.29) is 18.7 Å². The zero-order valence-corrected chi connectivity index (χ0v) is 20.6. The number of aryl methyl sites for hydroxylation is 1. The van der Waals surface area contributed by atoms with Crippen molar-refractivity contribution in [2.24, 2.45) is 5.73 Å². The number of nitrogens with two attached hydrogens (primary N) is 1. The van der Waals surface area contributed by atoms with Crippen LogP contribution in [0, 0.1) is 6.92 Å². The fraction of sp³-hybridized carbons (Fsp3) is 0.583. The van der Waals surface area contributed by atoms with Gasteiger partial charge in [0, 0.05) is 20.0 Å². The normalized spacial score (nSPS) is 12.9. The first-order valence-corrected chi connectivity index (χ1v) is 11.2. The van der Waals surface area contributed by atoms with E-state index in [9.17, 15) is 19.2 Å². The van der Waals surface area contributed by atoms with Gasteiger partial charge in [-0.15, -0.1) is 0 Å². The van der Waals surface area contributed by atoms with Gasteiger partial charge in [-0.25, -0.2) is 4.79 Å². The van der Waals surface area contributed by atoms with Crippen molar-refractivity contribution in [3.8, 4) is 0 Å². The average molecular weight is 463 g/mol. The van der Waals surface area contributed by atoms with Gasteiger partial charge >= 0.3 is 6.09 Å². The van der Waals surface area contributed by atoms with E-state index < -0.39 is 35.6 Å². The Labute approximate surface area is 196 Å². The van der Waals surface area contributed by atoms with Crippen molar-refractivity contribution >= 4 is 23.8 Å². The fourth-order valence-electron chi connectivity index (χ4n) is 3.27. The number of nitrogens with one attached hydrogen (secondary N) is 2. The lowest BCUT2D eigenvalue weighted by molar-refractivity contribution is -0.141. The summed E-state index contributed by atoms with van der Waals surface area (Å²) in [6.45, 7) is 9.48. The molecule has 0 heterocycles. The van der Waals surface area contributed by atoms with Crippen molar-refractivity contribution in [1.29, 1.82) is 0 Å². The van der Waals surface area contributed by atoms with Crippen molar-refractivity contribution in [3.05, 3.63) is 35.4 Å². The summed E-state index contributed by atoms with van der Waals surface area (Å²) >= 11 is 0. The summed E-state index contributed by atoms with van der Waals surface area (Å²) in [7, 11) is 1.51. The van der Waals surface area contributed by atoms with Gasteiger partial charge in [0.15, 0.2) is 0 Å². The number of likely N-dealkylation sites (N-methyl/N-ethyl adjacent to an activating group) is 1. The SMILES string of the molecule is CCCCNC(=O)C(c1ccccc1C)N(C)C(=O)C(CCC(N)=O)NC(=O)OC(C)(C)C. The number of ether oxygens (including phenoxy) is 1. The van der Waals surface area contributed by atoms with Crippen LogP contribution in [0.25, 0.3) is 0 Å². The molecule has 0 fully saturated rings. The third-order valence-corrected chi connectivity index (χ3v) is 4.96. The molecular weight excluding hydrogens is 424 g/mol. The molecule has 184 valence electrons. The van der Waals surface area contributed by atoms with Gasteiger partial charge < -0.3 is 26.0 Å². The molecule has 0 aliphatic heterocycles. The van der Waals surface area contributed by atoms with Crippen LogP contribution in [0.5, 0.6) is 0 Å². The molecule has 0 aliphatic rings. The Hall–Kier alpha value is -3.10. The van der Waals surface area contributed by atoms with E-state index in [0.717, 1.165) is 18.4 Å². The number of hydrogen-bond acceptors (Lipinski definition) is 5. The number of hydrogen-bond donors (Lipinski definition) is 3. The number of benzene rings is 1. The highest BCUT2D eigenvalue weighted by atomic mass is 16.6. The minimum absolute atomic E-state index is 0.0182. The first-order chi connectivity index (χ1) is 15.4. The highest BCUT2D eigenvalue weighted by Gasteiger charge is 2.34. The van der Waals surface area contributed by atoms with Crippen molar-refractivity contribution in [2.45, 2.75) is 78.0 Å². The molecule has 0 radical (unpaired) electrons. The molecule has 0 saturated carbocycles. The average Bonchev–Trinajstić information content (AvgIpc) is 2.70. The summed E-state index contributed by atoms with van der Waals surface area (Å²) in [5.74, 6) is -1.45. The van der Waals surface area contributed by atoms with Crippen LogP contribution in [0.1, 0.15) is 70.5 Å². The quantitative estimate of drug-likeness (QED) is 0.435. The van der Waals surface area contributed by atoms with E-state index >= 15 is 0 Å². The number of carbonyl (C=O) groups excluding carboxylic acids is 4. The minimum Gasteiger partial charge on any atom is -0.444 e. The second-order valence-corrected chi connectivity index (χ2v) is 9.06. The fourth-order valence-corrected chi connectivity index (χ4v) is 3.27. The molecule has 0 aromatic heterocycles. The van der Waals surface area contributed by atoms with E-state index in [0.29, 0.717) is 12.1 Å². The van der Waals surface area contributed by atoms with Crippen LogP contribution in [0.15, 0.2) is 24.3 Å². The first-order valence-electron chi connectivity index (χ1n) is 11.2. The standard InChI is InChI=1S/C24H38N4O5/c1-7-8-15-26-21(30)20(17-12-10-9-11-16(17)2)28(6)22(31)18(13-14-19(25)29)27-23(32)33-24(3,4)5/h9-12,18,20H,7-8,13-15H2,1-6H3,(H2,25,29)(H,26,30)(H,27,32). The minimum atomic E-state index is -1.09. The van der Waals surface area contributed by atoms with Crippen molar-refractivity contribution in [1.82, 2.24) is 15.5 Å². The molecule has 1 rings (SSSR count). The molecule has 4 amide bonds. The van der Waals surface area contributed by atoms with Crippen LogP contribution in [0.3, 0.4) is 0 Å². The van der Waals surface area contributed by atoms with E-state index in [2.05, 4.69) is 10.6 Å². The Morgan fingerprint density at radius 1 is 1.15 bits per heavy atom. The largest absolute Gasteiger partial charge is 0.444 e. The molecule has 0 bridgehead atoms. The number of unbranched alkanes of at least 4 members (excludes halogenated alkanes) is 1. The number of carbonyl (C=O) groups is 4. The van der Waals surface area contributed by atoms with Gasteiger partial charge in [-0.05, 0) is 51.7 Å².